The smallest absolute Gasteiger partial charge is 0.321 e. The molecule has 1 amide bonds. The van der Waals surface area contributed by atoms with Gasteiger partial charge in [-0.15, -0.1) is 0 Å². The van der Waals surface area contributed by atoms with Gasteiger partial charge in [-0.05, 0) is 24.3 Å². The van der Waals surface area contributed by atoms with Gasteiger partial charge in [0.2, 0.25) is 10.0 Å². The van der Waals surface area contributed by atoms with Crippen LogP contribution >= 0.6 is 0 Å². The minimum absolute atomic E-state index is 0.531. The Morgan fingerprint density at radius 2 is 1.64 bits per heavy atom. The van der Waals surface area contributed by atoms with Crippen molar-refractivity contribution in [2.24, 2.45) is 0 Å². The fourth-order valence-electron chi connectivity index (χ4n) is 1.81. The topological polar surface area (TPSA) is 102 Å². The Morgan fingerprint density at radius 3 is 2.32 bits per heavy atom. The Balaban J connectivity index is 1.81. The zero-order valence-corrected chi connectivity index (χ0v) is 13.8. The van der Waals surface area contributed by atoms with E-state index in [0.717, 1.165) is 12.1 Å². The standard InChI is InChI=1S/C16H15FN2O5S/c17-13-8-4-5-9-14(13)25(22,23)18-10-16(21)24-11-15(20)19-12-6-2-1-3-7-12/h1-9,18H,10-11H2,(H,19,20). The van der Waals surface area contributed by atoms with E-state index in [0.29, 0.717) is 5.69 Å². The summed E-state index contributed by atoms with van der Waals surface area (Å²) in [5.41, 5.74) is 0.531. The predicted molar refractivity (Wildman–Crippen MR) is 87.6 cm³/mol. The number of hydrogen-bond acceptors (Lipinski definition) is 5. The van der Waals surface area contributed by atoms with Crippen LogP contribution in [0, 0.1) is 5.82 Å². The molecule has 0 atom stereocenters. The Bertz CT molecular complexity index is 856. The molecule has 7 nitrogen and oxygen atoms in total. The second-order valence-electron chi connectivity index (χ2n) is 4.83. The van der Waals surface area contributed by atoms with E-state index >= 15 is 0 Å². The molecule has 0 aliphatic carbocycles. The van der Waals surface area contributed by atoms with Gasteiger partial charge in [-0.3, -0.25) is 9.59 Å². The van der Waals surface area contributed by atoms with Gasteiger partial charge in [0.05, 0.1) is 0 Å². The number of carbonyl (C=O) groups is 2. The van der Waals surface area contributed by atoms with E-state index in [-0.39, 0.29) is 0 Å². The Kier molecular flexibility index (Phi) is 6.20. The number of sulfonamides is 1. The van der Waals surface area contributed by atoms with Crippen LogP contribution in [0.4, 0.5) is 10.1 Å². The summed E-state index contributed by atoms with van der Waals surface area (Å²) >= 11 is 0. The molecule has 0 spiro atoms. The molecule has 0 fully saturated rings. The maximum absolute atomic E-state index is 13.5. The lowest BCUT2D eigenvalue weighted by atomic mass is 10.3. The number of benzene rings is 2. The first-order chi connectivity index (χ1) is 11.9. The van der Waals surface area contributed by atoms with Crippen molar-refractivity contribution in [1.29, 1.82) is 0 Å². The molecule has 132 valence electrons. The number of anilines is 1. The number of halogens is 1. The molecular formula is C16H15FN2O5S. The minimum Gasteiger partial charge on any atom is -0.455 e. The van der Waals surface area contributed by atoms with Crippen molar-refractivity contribution in [2.75, 3.05) is 18.5 Å². The van der Waals surface area contributed by atoms with Crippen molar-refractivity contribution in [1.82, 2.24) is 4.72 Å². The highest BCUT2D eigenvalue weighted by Crippen LogP contribution is 2.12. The monoisotopic (exact) mass is 366 g/mol. The summed E-state index contributed by atoms with van der Waals surface area (Å²) in [6.07, 6.45) is 0. The predicted octanol–water partition coefficient (Wildman–Crippen LogP) is 1.29. The first-order valence-electron chi connectivity index (χ1n) is 7.13. The molecule has 9 heteroatoms. The maximum Gasteiger partial charge on any atom is 0.321 e. The zero-order valence-electron chi connectivity index (χ0n) is 12.9. The number of carbonyl (C=O) groups excluding carboxylic acids is 2. The SMILES string of the molecule is O=C(COC(=O)CNS(=O)(=O)c1ccccc1F)Nc1ccccc1. The quantitative estimate of drug-likeness (QED) is 0.719. The van der Waals surface area contributed by atoms with Gasteiger partial charge in [0.25, 0.3) is 5.91 Å². The molecule has 0 unspecified atom stereocenters. The van der Waals surface area contributed by atoms with Gasteiger partial charge in [0, 0.05) is 5.69 Å². The van der Waals surface area contributed by atoms with Crippen LogP contribution in [0.25, 0.3) is 0 Å². The lowest BCUT2D eigenvalue weighted by molar-refractivity contribution is -0.146. The van der Waals surface area contributed by atoms with Crippen LogP contribution in [0.2, 0.25) is 0 Å². The van der Waals surface area contributed by atoms with E-state index in [1.165, 1.54) is 12.1 Å². The second kappa shape index (κ2) is 8.36. The van der Waals surface area contributed by atoms with Crippen molar-refractivity contribution in [3.05, 3.63) is 60.4 Å². The summed E-state index contributed by atoms with van der Waals surface area (Å²) in [6, 6.07) is 13.3. The van der Waals surface area contributed by atoms with Crippen LogP contribution in [0.15, 0.2) is 59.5 Å². The van der Waals surface area contributed by atoms with Gasteiger partial charge in [-0.25, -0.2) is 12.8 Å². The van der Waals surface area contributed by atoms with Crippen LogP contribution in [0.3, 0.4) is 0 Å². The lowest BCUT2D eigenvalue weighted by Gasteiger charge is -2.08. The highest BCUT2D eigenvalue weighted by molar-refractivity contribution is 7.89. The van der Waals surface area contributed by atoms with Crippen LogP contribution in [0.5, 0.6) is 0 Å². The van der Waals surface area contributed by atoms with Gasteiger partial charge in [0.1, 0.15) is 17.3 Å². The van der Waals surface area contributed by atoms with Crippen molar-refractivity contribution in [3.63, 3.8) is 0 Å². The number of nitrogens with one attached hydrogen (secondary N) is 2. The average Bonchev–Trinajstić information content (AvgIpc) is 2.59. The Hall–Kier alpha value is -2.78. The van der Waals surface area contributed by atoms with Crippen molar-refractivity contribution in [2.45, 2.75) is 4.90 Å². The molecule has 2 aromatic carbocycles. The zero-order chi connectivity index (χ0) is 18.3. The Labute approximate surface area is 143 Å². The van der Waals surface area contributed by atoms with Crippen LogP contribution in [-0.4, -0.2) is 33.4 Å². The molecule has 0 radical (unpaired) electrons. The summed E-state index contributed by atoms with van der Waals surface area (Å²) in [7, 11) is -4.20. The van der Waals surface area contributed by atoms with Crippen LogP contribution in [-0.2, 0) is 24.3 Å². The van der Waals surface area contributed by atoms with E-state index in [1.54, 1.807) is 30.3 Å². The van der Waals surface area contributed by atoms with Gasteiger partial charge < -0.3 is 10.1 Å². The highest BCUT2D eigenvalue weighted by atomic mass is 32.2. The van der Waals surface area contributed by atoms with Crippen LogP contribution < -0.4 is 10.0 Å². The highest BCUT2D eigenvalue weighted by Gasteiger charge is 2.20. The van der Waals surface area contributed by atoms with Gasteiger partial charge in [-0.1, -0.05) is 30.3 Å². The van der Waals surface area contributed by atoms with Gasteiger partial charge in [-0.2, -0.15) is 4.72 Å². The number of rotatable bonds is 7. The van der Waals surface area contributed by atoms with Crippen molar-refractivity contribution in [3.8, 4) is 0 Å². The first kappa shape index (κ1) is 18.6. The minimum atomic E-state index is -4.20. The number of para-hydroxylation sites is 1. The summed E-state index contributed by atoms with van der Waals surface area (Å²) in [5, 5.41) is 2.50. The molecule has 0 bridgehead atoms. The molecular weight excluding hydrogens is 351 g/mol. The summed E-state index contributed by atoms with van der Waals surface area (Å²) < 4.78 is 43.9. The van der Waals surface area contributed by atoms with E-state index in [9.17, 15) is 22.4 Å². The third-order valence-corrected chi connectivity index (χ3v) is 4.39. The number of ether oxygens (including phenoxy) is 1. The molecule has 0 saturated heterocycles. The third kappa shape index (κ3) is 5.66. The second-order valence-corrected chi connectivity index (χ2v) is 6.57. The lowest BCUT2D eigenvalue weighted by Crippen LogP contribution is -2.32. The molecule has 0 aliphatic heterocycles. The van der Waals surface area contributed by atoms with Gasteiger partial charge in [0.15, 0.2) is 6.61 Å². The number of hydrogen-bond donors (Lipinski definition) is 2. The van der Waals surface area contributed by atoms with Crippen molar-refractivity contribution < 1.29 is 27.1 Å². The number of esters is 1. The third-order valence-electron chi connectivity index (χ3n) is 2.95. The summed E-state index contributed by atoms with van der Waals surface area (Å²) in [4.78, 5) is 22.6. The summed E-state index contributed by atoms with van der Waals surface area (Å²) in [5.74, 6) is -2.48. The van der Waals surface area contributed by atoms with Crippen LogP contribution in [0.1, 0.15) is 0 Å². The molecule has 0 aromatic heterocycles. The fraction of sp³-hybridized carbons (Fsp3) is 0.125. The number of amides is 1. The molecule has 0 saturated carbocycles. The first-order valence-corrected chi connectivity index (χ1v) is 8.61. The van der Waals surface area contributed by atoms with Gasteiger partial charge >= 0.3 is 5.97 Å². The van der Waals surface area contributed by atoms with E-state index in [1.807, 2.05) is 4.72 Å². The molecule has 25 heavy (non-hydrogen) atoms. The largest absolute Gasteiger partial charge is 0.455 e. The molecule has 0 aliphatic rings. The van der Waals surface area contributed by atoms with Crippen molar-refractivity contribution >= 4 is 27.6 Å². The molecule has 2 N–H and O–H groups in total. The molecule has 2 aromatic rings. The fourth-order valence-corrected chi connectivity index (χ4v) is 2.86. The Morgan fingerprint density at radius 1 is 1.00 bits per heavy atom. The van der Waals surface area contributed by atoms with E-state index in [2.05, 4.69) is 10.1 Å². The van der Waals surface area contributed by atoms with E-state index in [4.69, 9.17) is 0 Å². The average molecular weight is 366 g/mol. The maximum atomic E-state index is 13.5. The van der Waals surface area contributed by atoms with E-state index < -0.39 is 45.8 Å². The summed E-state index contributed by atoms with van der Waals surface area (Å²) in [6.45, 7) is -1.30. The normalized spacial score (nSPS) is 10.9. The molecule has 2 rings (SSSR count). The molecule has 0 heterocycles.